The van der Waals surface area contributed by atoms with Crippen molar-refractivity contribution in [2.45, 2.75) is 12.8 Å². The van der Waals surface area contributed by atoms with Gasteiger partial charge in [-0.15, -0.1) is 0 Å². The predicted molar refractivity (Wildman–Crippen MR) is 75.3 cm³/mol. The number of anilines is 2. The largest absolute Gasteiger partial charge is 0.417 e. The Morgan fingerprint density at radius 3 is 2.73 bits per heavy atom. The third-order valence-corrected chi connectivity index (χ3v) is 2.95. The average Bonchev–Trinajstić information content (AvgIpc) is 2.39. The van der Waals surface area contributed by atoms with Gasteiger partial charge in [-0.2, -0.15) is 13.2 Å². The van der Waals surface area contributed by atoms with Gasteiger partial charge in [-0.05, 0) is 18.2 Å². The van der Waals surface area contributed by atoms with Crippen LogP contribution in [-0.4, -0.2) is 17.1 Å². The molecule has 0 aliphatic carbocycles. The Bertz CT molecular complexity index is 731. The van der Waals surface area contributed by atoms with Gasteiger partial charge in [0.15, 0.2) is 0 Å². The molecule has 0 spiro atoms. The first kappa shape index (κ1) is 16.3. The molecule has 1 aromatic carbocycles. The maximum absolute atomic E-state index is 12.8. The molecule has 22 heavy (non-hydrogen) atoms. The number of rotatable bonds is 4. The van der Waals surface area contributed by atoms with Crippen molar-refractivity contribution in [3.8, 4) is 0 Å². The topological polar surface area (TPSA) is 67.0 Å². The molecule has 0 fully saturated rings. The normalized spacial score (nSPS) is 11.5. The molecule has 0 amide bonds. The molecule has 0 unspecified atom stereocenters. The quantitative estimate of drug-likeness (QED) is 0.900. The van der Waals surface area contributed by atoms with E-state index in [2.05, 4.69) is 15.3 Å². The minimum Gasteiger partial charge on any atom is -0.378 e. The van der Waals surface area contributed by atoms with Crippen molar-refractivity contribution in [2.24, 2.45) is 0 Å². The van der Waals surface area contributed by atoms with E-state index in [1.54, 1.807) is 0 Å². The van der Waals surface area contributed by atoms with E-state index < -0.39 is 22.3 Å². The molecule has 2 aromatic rings. The molecule has 0 aliphatic heterocycles. The summed E-state index contributed by atoms with van der Waals surface area (Å²) in [4.78, 5) is 17.9. The van der Waals surface area contributed by atoms with Crippen molar-refractivity contribution in [2.75, 3.05) is 12.4 Å². The zero-order valence-corrected chi connectivity index (χ0v) is 12.0. The minimum absolute atomic E-state index is 0.00926. The van der Waals surface area contributed by atoms with Gasteiger partial charge in [0.25, 0.3) is 5.56 Å². The standard InChI is InChI=1S/C13H11ClF3N3O2/c1-22-6-8-5-11(21)20-12(19-8)18-7-2-3-10(14)9(4-7)13(15,16)17/h2-5H,6H2,1H3,(H2,18,19,20,21). The number of ether oxygens (including phenoxy) is 1. The molecule has 0 radical (unpaired) electrons. The molecular weight excluding hydrogens is 323 g/mol. The van der Waals surface area contributed by atoms with Gasteiger partial charge in [-0.1, -0.05) is 11.6 Å². The molecule has 2 rings (SSSR count). The highest BCUT2D eigenvalue weighted by Gasteiger charge is 2.33. The summed E-state index contributed by atoms with van der Waals surface area (Å²) in [6.07, 6.45) is -4.58. The Morgan fingerprint density at radius 1 is 1.36 bits per heavy atom. The van der Waals surface area contributed by atoms with Crippen molar-refractivity contribution in [3.63, 3.8) is 0 Å². The fourth-order valence-electron chi connectivity index (χ4n) is 1.75. The van der Waals surface area contributed by atoms with Crippen LogP contribution in [0.25, 0.3) is 0 Å². The van der Waals surface area contributed by atoms with Crippen LogP contribution in [0.15, 0.2) is 29.1 Å². The van der Waals surface area contributed by atoms with Crippen LogP contribution < -0.4 is 10.9 Å². The molecule has 0 aliphatic rings. The van der Waals surface area contributed by atoms with Crippen molar-refractivity contribution in [1.82, 2.24) is 9.97 Å². The number of H-pyrrole nitrogens is 1. The fraction of sp³-hybridized carbons (Fsp3) is 0.231. The molecule has 0 atom stereocenters. The number of benzene rings is 1. The van der Waals surface area contributed by atoms with Crippen LogP contribution in [0.1, 0.15) is 11.3 Å². The number of hydrogen-bond donors (Lipinski definition) is 2. The van der Waals surface area contributed by atoms with Gasteiger partial charge >= 0.3 is 6.18 Å². The van der Waals surface area contributed by atoms with E-state index in [0.717, 1.165) is 12.1 Å². The summed E-state index contributed by atoms with van der Waals surface area (Å²) in [5, 5.41) is 2.19. The number of nitrogens with one attached hydrogen (secondary N) is 2. The fourth-order valence-corrected chi connectivity index (χ4v) is 1.97. The summed E-state index contributed by atoms with van der Waals surface area (Å²) in [6.45, 7) is 0.104. The van der Waals surface area contributed by atoms with Gasteiger partial charge in [0, 0.05) is 18.9 Å². The minimum atomic E-state index is -4.58. The maximum atomic E-state index is 12.8. The van der Waals surface area contributed by atoms with Crippen molar-refractivity contribution in [3.05, 3.63) is 50.9 Å². The number of methoxy groups -OCH3 is 1. The van der Waals surface area contributed by atoms with Crippen molar-refractivity contribution >= 4 is 23.2 Å². The first-order valence-corrected chi connectivity index (χ1v) is 6.40. The SMILES string of the molecule is COCc1cc(=O)[nH]c(Nc2ccc(Cl)c(C(F)(F)F)c2)n1. The van der Waals surface area contributed by atoms with Crippen LogP contribution in [0.3, 0.4) is 0 Å². The van der Waals surface area contributed by atoms with E-state index in [1.165, 1.54) is 19.2 Å². The molecule has 1 heterocycles. The molecule has 2 N–H and O–H groups in total. The van der Waals surface area contributed by atoms with E-state index in [0.29, 0.717) is 5.69 Å². The molecule has 0 saturated heterocycles. The highest BCUT2D eigenvalue weighted by Crippen LogP contribution is 2.36. The van der Waals surface area contributed by atoms with Gasteiger partial charge in [0.1, 0.15) is 0 Å². The molecular formula is C13H11ClF3N3O2. The Labute approximate surface area is 128 Å². The molecule has 9 heteroatoms. The summed E-state index contributed by atoms with van der Waals surface area (Å²) in [5.41, 5.74) is -0.989. The summed E-state index contributed by atoms with van der Waals surface area (Å²) >= 11 is 5.54. The van der Waals surface area contributed by atoms with Crippen LogP contribution in [0.5, 0.6) is 0 Å². The molecule has 5 nitrogen and oxygen atoms in total. The number of halogens is 4. The van der Waals surface area contributed by atoms with E-state index in [-0.39, 0.29) is 18.2 Å². The lowest BCUT2D eigenvalue weighted by Gasteiger charge is -2.12. The summed E-state index contributed by atoms with van der Waals surface area (Å²) in [7, 11) is 1.44. The second-order valence-electron chi connectivity index (χ2n) is 4.34. The maximum Gasteiger partial charge on any atom is 0.417 e. The Hall–Kier alpha value is -2.06. The second kappa shape index (κ2) is 6.37. The van der Waals surface area contributed by atoms with Gasteiger partial charge in [0.05, 0.1) is 22.9 Å². The zero-order chi connectivity index (χ0) is 16.3. The summed E-state index contributed by atoms with van der Waals surface area (Å²) < 4.78 is 43.2. The van der Waals surface area contributed by atoms with Crippen LogP contribution in [0.2, 0.25) is 5.02 Å². The highest BCUT2D eigenvalue weighted by atomic mass is 35.5. The first-order chi connectivity index (χ1) is 10.3. The monoisotopic (exact) mass is 333 g/mol. The third kappa shape index (κ3) is 3.99. The van der Waals surface area contributed by atoms with Gasteiger partial charge in [-0.25, -0.2) is 4.98 Å². The lowest BCUT2D eigenvalue weighted by molar-refractivity contribution is -0.137. The van der Waals surface area contributed by atoms with E-state index >= 15 is 0 Å². The van der Waals surface area contributed by atoms with Crippen molar-refractivity contribution < 1.29 is 17.9 Å². The Morgan fingerprint density at radius 2 is 2.09 bits per heavy atom. The summed E-state index contributed by atoms with van der Waals surface area (Å²) in [6, 6.07) is 4.54. The number of aromatic amines is 1. The molecule has 0 saturated carbocycles. The van der Waals surface area contributed by atoms with E-state index in [1.807, 2.05) is 0 Å². The molecule has 0 bridgehead atoms. The lowest BCUT2D eigenvalue weighted by atomic mass is 10.2. The third-order valence-electron chi connectivity index (χ3n) is 2.62. The lowest BCUT2D eigenvalue weighted by Crippen LogP contribution is -2.13. The zero-order valence-electron chi connectivity index (χ0n) is 11.3. The highest BCUT2D eigenvalue weighted by molar-refractivity contribution is 6.31. The predicted octanol–water partition coefficient (Wildman–Crippen LogP) is 3.33. The Balaban J connectivity index is 2.33. The molecule has 118 valence electrons. The van der Waals surface area contributed by atoms with Crippen LogP contribution in [-0.2, 0) is 17.5 Å². The number of nitrogens with zero attached hydrogens (tertiary/aromatic N) is 1. The Kier molecular flexibility index (Phi) is 4.72. The van der Waals surface area contributed by atoms with Crippen LogP contribution in [0, 0.1) is 0 Å². The van der Waals surface area contributed by atoms with Crippen LogP contribution in [0.4, 0.5) is 24.8 Å². The summed E-state index contributed by atoms with van der Waals surface area (Å²) in [5.74, 6) is 0.00926. The first-order valence-electron chi connectivity index (χ1n) is 6.02. The van der Waals surface area contributed by atoms with Crippen molar-refractivity contribution in [1.29, 1.82) is 0 Å². The van der Waals surface area contributed by atoms with Gasteiger partial charge < -0.3 is 10.1 Å². The van der Waals surface area contributed by atoms with Gasteiger partial charge in [-0.3, -0.25) is 9.78 Å². The number of hydrogen-bond acceptors (Lipinski definition) is 4. The van der Waals surface area contributed by atoms with Crippen LogP contribution >= 0.6 is 11.6 Å². The molecule has 1 aromatic heterocycles. The number of alkyl halides is 3. The number of aromatic nitrogens is 2. The van der Waals surface area contributed by atoms with Gasteiger partial charge in [0.2, 0.25) is 5.95 Å². The van der Waals surface area contributed by atoms with E-state index in [4.69, 9.17) is 16.3 Å². The smallest absolute Gasteiger partial charge is 0.378 e. The second-order valence-corrected chi connectivity index (χ2v) is 4.74. The van der Waals surface area contributed by atoms with E-state index in [9.17, 15) is 18.0 Å². The average molecular weight is 334 g/mol.